The highest BCUT2D eigenvalue weighted by molar-refractivity contribution is 5.82. The topological polar surface area (TPSA) is 66.8 Å². The molecular weight excluding hydrogens is 255 g/mol. The summed E-state index contributed by atoms with van der Waals surface area (Å²) >= 11 is 0. The van der Waals surface area contributed by atoms with Crippen molar-refractivity contribution >= 4 is 11.9 Å². The van der Waals surface area contributed by atoms with Crippen LogP contribution in [0.4, 0.5) is 13.2 Å². The van der Waals surface area contributed by atoms with E-state index in [0.717, 1.165) is 0 Å². The zero-order chi connectivity index (χ0) is 13.5. The third kappa shape index (κ3) is 2.29. The number of carboxylic acids is 1. The molecular formula is C10H12F3NO4. The highest BCUT2D eigenvalue weighted by Crippen LogP contribution is 2.36. The van der Waals surface area contributed by atoms with E-state index in [1.165, 1.54) is 0 Å². The predicted molar refractivity (Wildman–Crippen MR) is 51.7 cm³/mol. The maximum absolute atomic E-state index is 12.4. The monoisotopic (exact) mass is 267 g/mol. The number of carbonyl (C=O) groups excluding carboxylic acids is 1. The summed E-state index contributed by atoms with van der Waals surface area (Å²) in [5, 5.41) is 8.86. The molecule has 1 N–H and O–H groups in total. The Kier molecular flexibility index (Phi) is 3.22. The number of fused-ring (bicyclic) bond motifs is 1. The van der Waals surface area contributed by atoms with E-state index in [1.807, 2.05) is 0 Å². The first-order chi connectivity index (χ1) is 8.30. The second-order valence-electron chi connectivity index (χ2n) is 4.48. The fourth-order valence-corrected chi connectivity index (χ4v) is 2.57. The van der Waals surface area contributed by atoms with Crippen LogP contribution < -0.4 is 0 Å². The molecule has 0 unspecified atom stereocenters. The van der Waals surface area contributed by atoms with Crippen LogP contribution in [0.15, 0.2) is 0 Å². The van der Waals surface area contributed by atoms with E-state index in [-0.39, 0.29) is 26.0 Å². The molecule has 8 heteroatoms. The number of hydrogen-bond donors (Lipinski definition) is 1. The maximum atomic E-state index is 12.4. The molecule has 2 rings (SSSR count). The van der Waals surface area contributed by atoms with E-state index in [1.54, 1.807) is 0 Å². The Morgan fingerprint density at radius 1 is 1.28 bits per heavy atom. The summed E-state index contributed by atoms with van der Waals surface area (Å²) in [6.07, 6.45) is -5.36. The number of halogens is 3. The van der Waals surface area contributed by atoms with Crippen LogP contribution in [0.1, 0.15) is 12.8 Å². The minimum Gasteiger partial charge on any atom is -0.481 e. The molecule has 1 heterocycles. The Morgan fingerprint density at radius 2 is 1.94 bits per heavy atom. The summed E-state index contributed by atoms with van der Waals surface area (Å²) in [6.45, 7) is -0.138. The predicted octanol–water partition coefficient (Wildman–Crippen LogP) is 0.639. The molecule has 2 aliphatic rings. The first-order valence-corrected chi connectivity index (χ1v) is 5.53. The van der Waals surface area contributed by atoms with Crippen molar-refractivity contribution in [3.05, 3.63) is 0 Å². The van der Waals surface area contributed by atoms with Gasteiger partial charge in [0.1, 0.15) is 0 Å². The summed E-state index contributed by atoms with van der Waals surface area (Å²) in [6, 6.07) is -0.783. The number of rotatable bonds is 1. The highest BCUT2D eigenvalue weighted by atomic mass is 19.4. The largest absolute Gasteiger partial charge is 0.481 e. The van der Waals surface area contributed by atoms with Crippen LogP contribution in [0.5, 0.6) is 0 Å². The maximum Gasteiger partial charge on any atom is 0.471 e. The van der Waals surface area contributed by atoms with Crippen molar-refractivity contribution in [2.45, 2.75) is 31.2 Å². The summed E-state index contributed by atoms with van der Waals surface area (Å²) < 4.78 is 42.4. The highest BCUT2D eigenvalue weighted by Gasteiger charge is 2.51. The van der Waals surface area contributed by atoms with Crippen molar-refractivity contribution in [3.63, 3.8) is 0 Å². The van der Waals surface area contributed by atoms with Crippen LogP contribution >= 0.6 is 0 Å². The van der Waals surface area contributed by atoms with Crippen LogP contribution in [0, 0.1) is 5.92 Å². The Hall–Kier alpha value is -1.31. The minimum absolute atomic E-state index is 0.00925. The quantitative estimate of drug-likeness (QED) is 0.757. The summed E-state index contributed by atoms with van der Waals surface area (Å²) in [7, 11) is 0. The molecule has 0 bridgehead atoms. The molecule has 2 fully saturated rings. The van der Waals surface area contributed by atoms with Crippen molar-refractivity contribution in [2.24, 2.45) is 5.92 Å². The number of hydrogen-bond acceptors (Lipinski definition) is 3. The van der Waals surface area contributed by atoms with Crippen molar-refractivity contribution < 1.29 is 32.6 Å². The zero-order valence-electron chi connectivity index (χ0n) is 9.31. The first-order valence-electron chi connectivity index (χ1n) is 5.53. The van der Waals surface area contributed by atoms with Gasteiger partial charge >= 0.3 is 18.1 Å². The SMILES string of the molecule is O=C(O)[C@@H]1C[C@@H]2OCCN(C(=O)C(F)(F)F)[C@@H]2C1. The van der Waals surface area contributed by atoms with E-state index < -0.39 is 36.1 Å². The van der Waals surface area contributed by atoms with Gasteiger partial charge in [-0.15, -0.1) is 0 Å². The molecule has 0 aromatic rings. The lowest BCUT2D eigenvalue weighted by molar-refractivity contribution is -0.195. The average molecular weight is 267 g/mol. The molecule has 1 saturated heterocycles. The van der Waals surface area contributed by atoms with E-state index in [4.69, 9.17) is 9.84 Å². The molecule has 0 aromatic carbocycles. The van der Waals surface area contributed by atoms with Gasteiger partial charge in [0, 0.05) is 6.54 Å². The molecule has 1 amide bonds. The minimum atomic E-state index is -4.93. The third-order valence-electron chi connectivity index (χ3n) is 3.39. The molecule has 1 aliphatic heterocycles. The number of ether oxygens (including phenoxy) is 1. The number of morpholine rings is 1. The molecule has 102 valence electrons. The van der Waals surface area contributed by atoms with Gasteiger partial charge in [0.05, 0.1) is 24.7 Å². The standard InChI is InChI=1S/C10H12F3NO4/c11-10(12,13)9(17)14-1-2-18-7-4-5(8(15)16)3-6(7)14/h5-7H,1-4H2,(H,15,16)/t5-,6+,7-/m0/s1. The smallest absolute Gasteiger partial charge is 0.471 e. The third-order valence-corrected chi connectivity index (χ3v) is 3.39. The van der Waals surface area contributed by atoms with Gasteiger partial charge in [0.25, 0.3) is 0 Å². The van der Waals surface area contributed by atoms with E-state index in [2.05, 4.69) is 0 Å². The van der Waals surface area contributed by atoms with Crippen LogP contribution in [-0.4, -0.2) is 53.4 Å². The van der Waals surface area contributed by atoms with E-state index in [0.29, 0.717) is 4.90 Å². The Balaban J connectivity index is 2.14. The van der Waals surface area contributed by atoms with Gasteiger partial charge in [0.2, 0.25) is 0 Å². The normalized spacial score (nSPS) is 32.2. The number of nitrogens with zero attached hydrogens (tertiary/aromatic N) is 1. The lowest BCUT2D eigenvalue weighted by Gasteiger charge is -2.37. The Morgan fingerprint density at radius 3 is 2.50 bits per heavy atom. The number of alkyl halides is 3. The fourth-order valence-electron chi connectivity index (χ4n) is 2.57. The molecule has 18 heavy (non-hydrogen) atoms. The first kappa shape index (κ1) is 13.1. The van der Waals surface area contributed by atoms with Gasteiger partial charge in [-0.05, 0) is 12.8 Å². The van der Waals surface area contributed by atoms with E-state index in [9.17, 15) is 22.8 Å². The molecule has 5 nitrogen and oxygen atoms in total. The zero-order valence-corrected chi connectivity index (χ0v) is 9.31. The van der Waals surface area contributed by atoms with Gasteiger partial charge in [0.15, 0.2) is 0 Å². The Bertz CT molecular complexity index is 371. The van der Waals surface area contributed by atoms with Crippen molar-refractivity contribution in [1.82, 2.24) is 4.90 Å². The van der Waals surface area contributed by atoms with Crippen LogP contribution in [-0.2, 0) is 14.3 Å². The lowest BCUT2D eigenvalue weighted by Crippen LogP contribution is -2.55. The van der Waals surface area contributed by atoms with Gasteiger partial charge in [-0.3, -0.25) is 9.59 Å². The summed E-state index contributed by atoms with van der Waals surface area (Å²) in [5.74, 6) is -3.72. The number of carboxylic acid groups (broad SMARTS) is 1. The number of amides is 1. The molecule has 0 radical (unpaired) electrons. The van der Waals surface area contributed by atoms with Crippen LogP contribution in [0.3, 0.4) is 0 Å². The molecule has 0 spiro atoms. The van der Waals surface area contributed by atoms with Crippen molar-refractivity contribution in [3.8, 4) is 0 Å². The van der Waals surface area contributed by atoms with Crippen molar-refractivity contribution in [1.29, 1.82) is 0 Å². The van der Waals surface area contributed by atoms with Gasteiger partial charge < -0.3 is 14.7 Å². The van der Waals surface area contributed by atoms with Crippen molar-refractivity contribution in [2.75, 3.05) is 13.2 Å². The second-order valence-corrected chi connectivity index (χ2v) is 4.48. The lowest BCUT2D eigenvalue weighted by atomic mass is 10.1. The summed E-state index contributed by atoms with van der Waals surface area (Å²) in [5.41, 5.74) is 0. The second kappa shape index (κ2) is 4.42. The molecule has 1 saturated carbocycles. The molecule has 1 aliphatic carbocycles. The van der Waals surface area contributed by atoms with Gasteiger partial charge in [-0.25, -0.2) is 0 Å². The number of aliphatic carboxylic acids is 1. The van der Waals surface area contributed by atoms with Crippen LogP contribution in [0.25, 0.3) is 0 Å². The van der Waals surface area contributed by atoms with Gasteiger partial charge in [-0.1, -0.05) is 0 Å². The fraction of sp³-hybridized carbons (Fsp3) is 0.800. The molecule has 0 aromatic heterocycles. The summed E-state index contributed by atoms with van der Waals surface area (Å²) in [4.78, 5) is 22.8. The number of carbonyl (C=O) groups is 2. The van der Waals surface area contributed by atoms with Crippen LogP contribution in [0.2, 0.25) is 0 Å². The average Bonchev–Trinajstić information content (AvgIpc) is 2.70. The molecule has 3 atom stereocenters. The van der Waals surface area contributed by atoms with Gasteiger partial charge in [-0.2, -0.15) is 13.2 Å². The Labute approximate surface area is 100 Å². The van der Waals surface area contributed by atoms with E-state index >= 15 is 0 Å².